The van der Waals surface area contributed by atoms with Crippen molar-refractivity contribution < 1.29 is 9.53 Å². The van der Waals surface area contributed by atoms with Crippen molar-refractivity contribution in [3.63, 3.8) is 0 Å². The Morgan fingerprint density at radius 3 is 2.85 bits per heavy atom. The minimum atomic E-state index is -0.150. The molecular weight excluding hydrogens is 334 g/mol. The van der Waals surface area contributed by atoms with Crippen LogP contribution in [0.2, 0.25) is 0 Å². The van der Waals surface area contributed by atoms with E-state index in [1.165, 1.54) is 12.0 Å². The SMILES string of the molecule is CC1C=C2CC3CC(C(=O)N4CCC(OC(C)C)c5ccccc54)(C1)CC23. The van der Waals surface area contributed by atoms with Crippen LogP contribution in [-0.4, -0.2) is 18.6 Å². The van der Waals surface area contributed by atoms with Gasteiger partial charge in [0, 0.05) is 17.8 Å². The summed E-state index contributed by atoms with van der Waals surface area (Å²) in [5, 5.41) is 0. The van der Waals surface area contributed by atoms with Crippen molar-refractivity contribution in [2.75, 3.05) is 11.4 Å². The fourth-order valence-corrected chi connectivity index (χ4v) is 6.41. The highest BCUT2D eigenvalue weighted by Gasteiger charge is 2.58. The molecule has 1 aromatic rings. The molecular formula is C24H31NO2. The summed E-state index contributed by atoms with van der Waals surface area (Å²) >= 11 is 0. The van der Waals surface area contributed by atoms with Crippen molar-refractivity contribution in [1.82, 2.24) is 0 Å². The molecule has 1 aromatic carbocycles. The van der Waals surface area contributed by atoms with E-state index in [1.54, 1.807) is 5.57 Å². The maximum Gasteiger partial charge on any atom is 0.233 e. The molecule has 5 atom stereocenters. The lowest BCUT2D eigenvalue weighted by molar-refractivity contribution is -0.129. The van der Waals surface area contributed by atoms with Crippen LogP contribution in [0.25, 0.3) is 0 Å². The van der Waals surface area contributed by atoms with E-state index in [2.05, 4.69) is 56.0 Å². The van der Waals surface area contributed by atoms with Crippen LogP contribution in [0.4, 0.5) is 5.69 Å². The fourth-order valence-electron chi connectivity index (χ4n) is 6.41. The molecule has 2 bridgehead atoms. The van der Waals surface area contributed by atoms with E-state index in [4.69, 9.17) is 4.74 Å². The number of fused-ring (bicyclic) bond motifs is 2. The molecule has 3 aliphatic carbocycles. The average Bonchev–Trinajstić information content (AvgIpc) is 2.85. The molecule has 3 nitrogen and oxygen atoms in total. The van der Waals surface area contributed by atoms with Gasteiger partial charge in [-0.3, -0.25) is 4.79 Å². The smallest absolute Gasteiger partial charge is 0.233 e. The molecule has 5 rings (SSSR count). The van der Waals surface area contributed by atoms with Crippen molar-refractivity contribution in [2.45, 2.75) is 65.1 Å². The van der Waals surface area contributed by atoms with Crippen molar-refractivity contribution in [3.05, 3.63) is 41.5 Å². The molecule has 27 heavy (non-hydrogen) atoms. The Labute approximate surface area is 162 Å². The molecule has 1 amide bonds. The number of ether oxygens (including phenoxy) is 1. The molecule has 5 unspecified atom stereocenters. The number of nitrogens with zero attached hydrogens (tertiary/aromatic N) is 1. The van der Waals surface area contributed by atoms with Crippen LogP contribution >= 0.6 is 0 Å². The number of benzene rings is 1. The lowest BCUT2D eigenvalue weighted by atomic mass is 9.69. The zero-order valence-corrected chi connectivity index (χ0v) is 16.8. The van der Waals surface area contributed by atoms with E-state index in [-0.39, 0.29) is 17.6 Å². The van der Waals surface area contributed by atoms with Crippen LogP contribution in [0.1, 0.15) is 64.5 Å². The molecule has 2 saturated carbocycles. The highest BCUT2D eigenvalue weighted by molar-refractivity contribution is 5.99. The molecule has 1 heterocycles. The summed E-state index contributed by atoms with van der Waals surface area (Å²) in [6, 6.07) is 8.39. The molecule has 0 radical (unpaired) electrons. The van der Waals surface area contributed by atoms with Gasteiger partial charge in [0.15, 0.2) is 0 Å². The third-order valence-corrected chi connectivity index (χ3v) is 7.34. The van der Waals surface area contributed by atoms with Crippen LogP contribution in [-0.2, 0) is 9.53 Å². The Hall–Kier alpha value is -1.61. The van der Waals surface area contributed by atoms with Crippen LogP contribution in [0.5, 0.6) is 0 Å². The van der Waals surface area contributed by atoms with Crippen molar-refractivity contribution in [2.24, 2.45) is 23.2 Å². The first kappa shape index (κ1) is 17.5. The highest BCUT2D eigenvalue weighted by atomic mass is 16.5. The Morgan fingerprint density at radius 2 is 2.04 bits per heavy atom. The maximum atomic E-state index is 13.9. The Balaban J connectivity index is 1.47. The lowest BCUT2D eigenvalue weighted by Gasteiger charge is -2.41. The van der Waals surface area contributed by atoms with Crippen LogP contribution in [0.3, 0.4) is 0 Å². The number of hydrogen-bond acceptors (Lipinski definition) is 2. The van der Waals surface area contributed by atoms with Gasteiger partial charge in [-0.1, -0.05) is 36.8 Å². The second kappa shape index (κ2) is 6.20. The number of hydrogen-bond donors (Lipinski definition) is 0. The first-order valence-electron chi connectivity index (χ1n) is 10.7. The molecule has 144 valence electrons. The molecule has 0 N–H and O–H groups in total. The van der Waals surface area contributed by atoms with E-state index in [0.29, 0.717) is 17.7 Å². The largest absolute Gasteiger partial charge is 0.371 e. The van der Waals surface area contributed by atoms with Gasteiger partial charge in [-0.05, 0) is 69.8 Å². The normalized spacial score (nSPS) is 36.7. The van der Waals surface area contributed by atoms with Crippen LogP contribution < -0.4 is 4.90 Å². The Bertz CT molecular complexity index is 797. The van der Waals surface area contributed by atoms with E-state index in [0.717, 1.165) is 43.8 Å². The zero-order valence-electron chi connectivity index (χ0n) is 16.8. The molecule has 0 aromatic heterocycles. The van der Waals surface area contributed by atoms with Crippen molar-refractivity contribution in [3.8, 4) is 0 Å². The number of amides is 1. The Kier molecular flexibility index (Phi) is 4.02. The van der Waals surface area contributed by atoms with E-state index < -0.39 is 0 Å². The van der Waals surface area contributed by atoms with Gasteiger partial charge in [-0.15, -0.1) is 0 Å². The summed E-state index contributed by atoms with van der Waals surface area (Å²) in [6.07, 6.45) is 8.11. The first-order chi connectivity index (χ1) is 13.0. The summed E-state index contributed by atoms with van der Waals surface area (Å²) in [4.78, 5) is 16.1. The van der Waals surface area contributed by atoms with Gasteiger partial charge in [0.2, 0.25) is 5.91 Å². The van der Waals surface area contributed by atoms with Gasteiger partial charge in [-0.2, -0.15) is 0 Å². The topological polar surface area (TPSA) is 29.5 Å². The number of rotatable bonds is 3. The lowest BCUT2D eigenvalue weighted by Crippen LogP contribution is -2.46. The summed E-state index contributed by atoms with van der Waals surface area (Å²) < 4.78 is 6.17. The van der Waals surface area contributed by atoms with Gasteiger partial charge in [-0.25, -0.2) is 0 Å². The second-order valence-electron chi connectivity index (χ2n) is 9.66. The minimum absolute atomic E-state index is 0.101. The molecule has 3 heteroatoms. The van der Waals surface area contributed by atoms with Crippen molar-refractivity contribution >= 4 is 11.6 Å². The average molecular weight is 366 g/mol. The minimum Gasteiger partial charge on any atom is -0.371 e. The summed E-state index contributed by atoms with van der Waals surface area (Å²) in [6.45, 7) is 7.25. The molecule has 1 aliphatic heterocycles. The van der Waals surface area contributed by atoms with Crippen LogP contribution in [0.15, 0.2) is 35.9 Å². The molecule has 4 aliphatic rings. The summed E-state index contributed by atoms with van der Waals surface area (Å²) in [5.41, 5.74) is 3.76. The third kappa shape index (κ3) is 2.69. The van der Waals surface area contributed by atoms with Gasteiger partial charge in [0.1, 0.15) is 0 Å². The molecule has 0 spiro atoms. The van der Waals surface area contributed by atoms with Gasteiger partial charge in [0.05, 0.1) is 17.6 Å². The number of allylic oxidation sites excluding steroid dienone is 2. The maximum absolute atomic E-state index is 13.9. The van der Waals surface area contributed by atoms with Gasteiger partial charge in [0.25, 0.3) is 0 Å². The number of anilines is 1. The monoisotopic (exact) mass is 365 g/mol. The van der Waals surface area contributed by atoms with E-state index in [1.807, 2.05) is 0 Å². The second-order valence-corrected chi connectivity index (χ2v) is 9.66. The number of para-hydroxylation sites is 1. The molecule has 2 fully saturated rings. The standard InChI is InChI=1S/C24H31NO2/c1-15(2)27-22-8-9-25(21-7-5-4-6-19(21)22)23(26)24-12-16(3)10-17-11-18(13-24)20(17)14-24/h4-7,10,15-16,18,20,22H,8-9,11-14H2,1-3H3. The summed E-state index contributed by atoms with van der Waals surface area (Å²) in [7, 11) is 0. The van der Waals surface area contributed by atoms with Gasteiger partial charge >= 0.3 is 0 Å². The number of carbonyl (C=O) groups is 1. The molecule has 0 saturated heterocycles. The van der Waals surface area contributed by atoms with E-state index >= 15 is 0 Å². The highest BCUT2D eigenvalue weighted by Crippen LogP contribution is 2.63. The first-order valence-corrected chi connectivity index (χ1v) is 10.7. The third-order valence-electron chi connectivity index (χ3n) is 7.34. The van der Waals surface area contributed by atoms with Crippen LogP contribution in [0, 0.1) is 23.2 Å². The predicted octanol–water partition coefficient (Wildman–Crippen LogP) is 5.27. The summed E-state index contributed by atoms with van der Waals surface area (Å²) in [5.74, 6) is 2.35. The van der Waals surface area contributed by atoms with Crippen molar-refractivity contribution in [1.29, 1.82) is 0 Å². The fraction of sp³-hybridized carbons (Fsp3) is 0.625. The van der Waals surface area contributed by atoms with Gasteiger partial charge < -0.3 is 9.64 Å². The number of carbonyl (C=O) groups excluding carboxylic acids is 1. The quantitative estimate of drug-likeness (QED) is 0.683. The van der Waals surface area contributed by atoms with E-state index in [9.17, 15) is 4.79 Å². The zero-order chi connectivity index (χ0) is 18.8. The predicted molar refractivity (Wildman–Crippen MR) is 108 cm³/mol. The Morgan fingerprint density at radius 1 is 1.22 bits per heavy atom.